The Kier molecular flexibility index (Phi) is 9.22. The predicted octanol–water partition coefficient (Wildman–Crippen LogP) is 17.8. The van der Waals surface area contributed by atoms with E-state index in [0.717, 1.165) is 0 Å². The molecule has 0 aliphatic carbocycles. The number of para-hydroxylation sites is 6. The van der Waals surface area contributed by atoms with Crippen LogP contribution in [0.4, 0.5) is 0 Å². The first-order chi connectivity index (χ1) is 33.8. The van der Waals surface area contributed by atoms with Crippen molar-refractivity contribution in [1.82, 2.24) is 13.7 Å². The third-order valence-corrected chi connectivity index (χ3v) is 15.2. The zero-order chi connectivity index (χ0) is 46.7. The molecule has 0 radical (unpaired) electrons. The van der Waals surface area contributed by atoms with Crippen molar-refractivity contribution < 1.29 is 0 Å². The van der Waals surface area contributed by atoms with Crippen LogP contribution in [0.1, 0.15) is 33.4 Å². The van der Waals surface area contributed by atoms with E-state index in [0.29, 0.717) is 0 Å². The van der Waals surface area contributed by atoms with Crippen LogP contribution in [0, 0.1) is 41.5 Å². The second-order valence-electron chi connectivity index (χ2n) is 19.1. The van der Waals surface area contributed by atoms with Crippen LogP contribution in [0.2, 0.25) is 0 Å². The maximum atomic E-state index is 2.49. The molecule has 0 saturated carbocycles. The van der Waals surface area contributed by atoms with Crippen LogP contribution in [0.25, 0.3) is 116 Å². The lowest BCUT2D eigenvalue weighted by Gasteiger charge is -2.22. The second kappa shape index (κ2) is 15.6. The molecule has 0 aliphatic rings. The summed E-state index contributed by atoms with van der Waals surface area (Å²) < 4.78 is 7.48. The van der Waals surface area contributed by atoms with Gasteiger partial charge in [0.05, 0.1) is 50.2 Å². The summed E-state index contributed by atoms with van der Waals surface area (Å²) in [5.41, 5.74) is 25.8. The molecule has 0 fully saturated rings. The standard InChI is InChI=1S/C66H51N3/c1-40-31-34-49(43(4)64(40)67-58-25-13-7-19-52(58)53-20-8-14-26-59(53)67)46-37-47(50-35-32-41(2)65(44(50)5)68-60-27-15-9-21-54(60)55-22-10-16-28-61(55)68)39-48(38-46)51-36-33-42(3)66(45(51)6)69-62-29-17-11-23-56(62)57-24-12-18-30-63(57)69/h7-39H,1-6H3. The Labute approximate surface area is 402 Å². The molecule has 3 aromatic heterocycles. The van der Waals surface area contributed by atoms with Crippen molar-refractivity contribution in [2.75, 3.05) is 0 Å². The Hall–Kier alpha value is -8.40. The van der Waals surface area contributed by atoms with Gasteiger partial charge in [0.1, 0.15) is 0 Å². The third-order valence-electron chi connectivity index (χ3n) is 15.2. The van der Waals surface area contributed by atoms with Gasteiger partial charge in [-0.15, -0.1) is 0 Å². The minimum absolute atomic E-state index is 1.19. The summed E-state index contributed by atoms with van der Waals surface area (Å²) in [6.07, 6.45) is 0. The molecule has 69 heavy (non-hydrogen) atoms. The quantitative estimate of drug-likeness (QED) is 0.158. The van der Waals surface area contributed by atoms with E-state index in [2.05, 4.69) is 255 Å². The van der Waals surface area contributed by atoms with E-state index in [1.165, 1.54) is 149 Å². The topological polar surface area (TPSA) is 14.8 Å². The first-order valence-electron chi connectivity index (χ1n) is 24.2. The molecule has 0 N–H and O–H groups in total. The van der Waals surface area contributed by atoms with Crippen molar-refractivity contribution in [3.63, 3.8) is 0 Å². The summed E-state index contributed by atoms with van der Waals surface area (Å²) >= 11 is 0. The van der Waals surface area contributed by atoms with Crippen molar-refractivity contribution in [2.24, 2.45) is 0 Å². The van der Waals surface area contributed by atoms with E-state index in [9.17, 15) is 0 Å². The number of aryl methyl sites for hydroxylation is 3. The van der Waals surface area contributed by atoms with Gasteiger partial charge in [-0.05, 0) is 163 Å². The van der Waals surface area contributed by atoms with Gasteiger partial charge in [0, 0.05) is 32.3 Å². The molecular formula is C66H51N3. The summed E-state index contributed by atoms with van der Waals surface area (Å²) in [6, 6.07) is 74.4. The minimum atomic E-state index is 1.19. The highest BCUT2D eigenvalue weighted by molar-refractivity contribution is 6.12. The van der Waals surface area contributed by atoms with Crippen LogP contribution in [0.15, 0.2) is 200 Å². The molecule has 3 heterocycles. The molecule has 0 saturated heterocycles. The highest BCUT2D eigenvalue weighted by atomic mass is 15.0. The first-order valence-corrected chi connectivity index (χ1v) is 24.2. The van der Waals surface area contributed by atoms with Gasteiger partial charge in [0.15, 0.2) is 0 Å². The molecular weight excluding hydrogens is 835 g/mol. The third kappa shape index (κ3) is 6.06. The molecule has 330 valence electrons. The van der Waals surface area contributed by atoms with Crippen molar-refractivity contribution in [2.45, 2.75) is 41.5 Å². The molecule has 0 atom stereocenters. The largest absolute Gasteiger partial charge is 0.309 e. The van der Waals surface area contributed by atoms with Crippen LogP contribution in [0.3, 0.4) is 0 Å². The zero-order valence-corrected chi connectivity index (χ0v) is 39.9. The molecule has 0 spiro atoms. The average molecular weight is 886 g/mol. The van der Waals surface area contributed by atoms with Gasteiger partial charge >= 0.3 is 0 Å². The Morgan fingerprint density at radius 3 is 0.652 bits per heavy atom. The molecule has 13 rings (SSSR count). The smallest absolute Gasteiger partial charge is 0.0541 e. The summed E-state index contributed by atoms with van der Waals surface area (Å²) in [4.78, 5) is 0. The molecule has 3 heteroatoms. The summed E-state index contributed by atoms with van der Waals surface area (Å²) in [7, 11) is 0. The van der Waals surface area contributed by atoms with E-state index >= 15 is 0 Å². The lowest BCUT2D eigenvalue weighted by atomic mass is 9.87. The lowest BCUT2D eigenvalue weighted by molar-refractivity contribution is 1.12. The maximum Gasteiger partial charge on any atom is 0.0541 e. The first kappa shape index (κ1) is 40.8. The van der Waals surface area contributed by atoms with Crippen molar-refractivity contribution >= 4 is 65.4 Å². The summed E-state index contributed by atoms with van der Waals surface area (Å²) in [5.74, 6) is 0. The van der Waals surface area contributed by atoms with E-state index in [1.807, 2.05) is 0 Å². The lowest BCUT2D eigenvalue weighted by Crippen LogP contribution is -2.03. The molecule has 3 nitrogen and oxygen atoms in total. The van der Waals surface area contributed by atoms with Gasteiger partial charge in [-0.2, -0.15) is 0 Å². The van der Waals surface area contributed by atoms with Crippen LogP contribution < -0.4 is 0 Å². The normalized spacial score (nSPS) is 11.9. The van der Waals surface area contributed by atoms with Crippen LogP contribution >= 0.6 is 0 Å². The number of rotatable bonds is 6. The average Bonchev–Trinajstić information content (AvgIpc) is 4.00. The Balaban J connectivity index is 1.08. The number of nitrogens with zero attached hydrogens (tertiary/aromatic N) is 3. The Morgan fingerprint density at radius 2 is 0.435 bits per heavy atom. The van der Waals surface area contributed by atoms with Crippen molar-refractivity contribution in [3.05, 3.63) is 234 Å². The van der Waals surface area contributed by atoms with E-state index in [4.69, 9.17) is 0 Å². The minimum Gasteiger partial charge on any atom is -0.309 e. The fourth-order valence-electron chi connectivity index (χ4n) is 12.1. The van der Waals surface area contributed by atoms with Crippen molar-refractivity contribution in [1.29, 1.82) is 0 Å². The monoisotopic (exact) mass is 885 g/mol. The number of hydrogen-bond donors (Lipinski definition) is 0. The van der Waals surface area contributed by atoms with Gasteiger partial charge in [0.2, 0.25) is 0 Å². The number of aromatic nitrogens is 3. The number of benzene rings is 10. The highest BCUT2D eigenvalue weighted by Gasteiger charge is 2.23. The molecule has 0 unspecified atom stereocenters. The van der Waals surface area contributed by atoms with Crippen LogP contribution in [-0.2, 0) is 0 Å². The Morgan fingerprint density at radius 1 is 0.232 bits per heavy atom. The van der Waals surface area contributed by atoms with Crippen LogP contribution in [-0.4, -0.2) is 13.7 Å². The molecule has 10 aromatic carbocycles. The number of fused-ring (bicyclic) bond motifs is 9. The van der Waals surface area contributed by atoms with E-state index in [-0.39, 0.29) is 0 Å². The van der Waals surface area contributed by atoms with Gasteiger partial charge in [0.25, 0.3) is 0 Å². The van der Waals surface area contributed by atoms with Crippen LogP contribution in [0.5, 0.6) is 0 Å². The molecule has 13 aromatic rings. The number of hydrogen-bond acceptors (Lipinski definition) is 0. The highest BCUT2D eigenvalue weighted by Crippen LogP contribution is 2.44. The van der Waals surface area contributed by atoms with E-state index < -0.39 is 0 Å². The summed E-state index contributed by atoms with van der Waals surface area (Å²) in [5, 5.41) is 7.61. The molecule has 0 aliphatic heterocycles. The molecule has 0 bridgehead atoms. The fourth-order valence-corrected chi connectivity index (χ4v) is 12.1. The van der Waals surface area contributed by atoms with E-state index in [1.54, 1.807) is 0 Å². The second-order valence-corrected chi connectivity index (χ2v) is 19.1. The van der Waals surface area contributed by atoms with Gasteiger partial charge < -0.3 is 13.7 Å². The maximum absolute atomic E-state index is 2.49. The van der Waals surface area contributed by atoms with Gasteiger partial charge in [-0.25, -0.2) is 0 Å². The summed E-state index contributed by atoms with van der Waals surface area (Å²) in [6.45, 7) is 13.7. The SMILES string of the molecule is Cc1ccc(-c2cc(-c3ccc(C)c(-n4c5ccccc5c5ccccc54)c3C)cc(-c3ccc(C)c(-n4c5ccccc5c5ccccc54)c3C)c2)c(C)c1-n1c2ccccc2c2ccccc21. The van der Waals surface area contributed by atoms with Crippen molar-refractivity contribution in [3.8, 4) is 50.4 Å². The fraction of sp³-hybridized carbons (Fsp3) is 0.0909. The predicted molar refractivity (Wildman–Crippen MR) is 294 cm³/mol. The van der Waals surface area contributed by atoms with Gasteiger partial charge in [-0.1, -0.05) is 146 Å². The Bertz CT molecular complexity index is 3650. The van der Waals surface area contributed by atoms with Gasteiger partial charge in [-0.3, -0.25) is 0 Å². The zero-order valence-electron chi connectivity index (χ0n) is 39.9. The molecule has 0 amide bonds.